The van der Waals surface area contributed by atoms with Crippen molar-refractivity contribution in [1.82, 2.24) is 0 Å². The Labute approximate surface area is 106 Å². The highest BCUT2D eigenvalue weighted by molar-refractivity contribution is 7.92. The number of ether oxygens (including phenoxy) is 1. The topological polar surface area (TPSA) is 77.5 Å². The van der Waals surface area contributed by atoms with Gasteiger partial charge in [-0.25, -0.2) is 8.42 Å². The average Bonchev–Trinajstić information content (AvgIpc) is 2.36. The fraction of sp³-hybridized carbons (Fsp3) is 0.333. The average molecular weight is 270 g/mol. The van der Waals surface area contributed by atoms with Crippen LogP contribution in [0.5, 0.6) is 0 Å². The summed E-state index contributed by atoms with van der Waals surface area (Å²) in [5, 5.41) is 0. The van der Waals surface area contributed by atoms with Crippen molar-refractivity contribution >= 4 is 21.6 Å². The first-order valence-electron chi connectivity index (χ1n) is 5.32. The quantitative estimate of drug-likeness (QED) is 0.720. The molecule has 18 heavy (non-hydrogen) atoms. The van der Waals surface area contributed by atoms with E-state index in [0.717, 1.165) is 0 Å². The molecule has 0 atom stereocenters. The van der Waals surface area contributed by atoms with Crippen molar-refractivity contribution in [3.8, 4) is 0 Å². The molecule has 5 nitrogen and oxygen atoms in total. The zero-order valence-corrected chi connectivity index (χ0v) is 10.8. The second-order valence-corrected chi connectivity index (χ2v) is 5.68. The van der Waals surface area contributed by atoms with Gasteiger partial charge < -0.3 is 4.74 Å². The smallest absolute Gasteiger partial charge is 0.305 e. The zero-order valence-electron chi connectivity index (χ0n) is 9.96. The lowest BCUT2D eigenvalue weighted by Gasteiger charge is -2.03. The van der Waals surface area contributed by atoms with Gasteiger partial charge in [0, 0.05) is 6.42 Å². The second kappa shape index (κ2) is 6.30. The maximum Gasteiger partial charge on any atom is 0.305 e. The Balaban J connectivity index is 2.62. The number of hydrogen-bond acceptors (Lipinski definition) is 5. The first-order chi connectivity index (χ1) is 8.45. The molecule has 1 rings (SSSR count). The first-order valence-corrected chi connectivity index (χ1v) is 6.97. The third kappa shape index (κ3) is 4.29. The van der Waals surface area contributed by atoms with Crippen LogP contribution in [-0.2, 0) is 24.2 Å². The summed E-state index contributed by atoms with van der Waals surface area (Å²) < 4.78 is 28.0. The SMILES string of the molecule is COC(=O)CCC(=O)CS(=O)(=O)c1ccccc1. The van der Waals surface area contributed by atoms with Crippen LogP contribution >= 0.6 is 0 Å². The second-order valence-electron chi connectivity index (χ2n) is 3.69. The number of esters is 1. The molecule has 0 aliphatic heterocycles. The molecule has 0 radical (unpaired) electrons. The van der Waals surface area contributed by atoms with Crippen molar-refractivity contribution in [2.24, 2.45) is 0 Å². The van der Waals surface area contributed by atoms with Crippen LogP contribution in [0.25, 0.3) is 0 Å². The summed E-state index contributed by atoms with van der Waals surface area (Å²) in [5.41, 5.74) is 0. The van der Waals surface area contributed by atoms with Gasteiger partial charge in [0.25, 0.3) is 0 Å². The lowest BCUT2D eigenvalue weighted by molar-refractivity contribution is -0.141. The third-order valence-electron chi connectivity index (χ3n) is 2.29. The van der Waals surface area contributed by atoms with Crippen molar-refractivity contribution in [1.29, 1.82) is 0 Å². The van der Waals surface area contributed by atoms with Crippen molar-refractivity contribution in [2.75, 3.05) is 12.9 Å². The number of benzene rings is 1. The molecular weight excluding hydrogens is 256 g/mol. The molecule has 0 saturated carbocycles. The monoisotopic (exact) mass is 270 g/mol. The van der Waals surface area contributed by atoms with E-state index in [0.29, 0.717) is 0 Å². The van der Waals surface area contributed by atoms with Crippen molar-refractivity contribution in [2.45, 2.75) is 17.7 Å². The van der Waals surface area contributed by atoms with Gasteiger partial charge in [-0.3, -0.25) is 9.59 Å². The normalized spacial score (nSPS) is 10.9. The number of carbonyl (C=O) groups excluding carboxylic acids is 2. The Morgan fingerprint density at radius 2 is 1.72 bits per heavy atom. The Kier molecular flexibility index (Phi) is 5.03. The van der Waals surface area contributed by atoms with Crippen LogP contribution in [0.4, 0.5) is 0 Å². The van der Waals surface area contributed by atoms with Crippen LogP contribution in [-0.4, -0.2) is 33.0 Å². The molecule has 0 unspecified atom stereocenters. The Bertz CT molecular complexity index is 519. The van der Waals surface area contributed by atoms with Crippen molar-refractivity contribution in [3.63, 3.8) is 0 Å². The molecule has 0 saturated heterocycles. The van der Waals surface area contributed by atoms with Gasteiger partial charge >= 0.3 is 5.97 Å². The number of rotatable bonds is 6. The number of carbonyl (C=O) groups is 2. The largest absolute Gasteiger partial charge is 0.469 e. The molecule has 0 amide bonds. The Morgan fingerprint density at radius 3 is 2.28 bits per heavy atom. The Hall–Kier alpha value is -1.69. The molecule has 1 aromatic carbocycles. The summed E-state index contributed by atoms with van der Waals surface area (Å²) in [6.45, 7) is 0. The van der Waals surface area contributed by atoms with Crippen LogP contribution in [0.3, 0.4) is 0 Å². The number of methoxy groups -OCH3 is 1. The number of ketones is 1. The van der Waals surface area contributed by atoms with Gasteiger partial charge in [-0.15, -0.1) is 0 Å². The summed E-state index contributed by atoms with van der Waals surface area (Å²) in [5.74, 6) is -1.61. The number of sulfone groups is 1. The van der Waals surface area contributed by atoms with E-state index >= 15 is 0 Å². The summed E-state index contributed by atoms with van der Waals surface area (Å²) in [6, 6.07) is 7.74. The fourth-order valence-electron chi connectivity index (χ4n) is 1.34. The molecule has 0 aliphatic rings. The zero-order chi connectivity index (χ0) is 13.6. The van der Waals surface area contributed by atoms with Crippen LogP contribution < -0.4 is 0 Å². The molecule has 0 fully saturated rings. The minimum absolute atomic E-state index is 0.0976. The van der Waals surface area contributed by atoms with Gasteiger partial charge in [0.05, 0.1) is 18.4 Å². The van der Waals surface area contributed by atoms with E-state index in [-0.39, 0.29) is 17.7 Å². The van der Waals surface area contributed by atoms with Gasteiger partial charge in [-0.05, 0) is 12.1 Å². The van der Waals surface area contributed by atoms with Crippen molar-refractivity contribution in [3.05, 3.63) is 30.3 Å². The van der Waals surface area contributed by atoms with Gasteiger partial charge in [0.15, 0.2) is 9.84 Å². The van der Waals surface area contributed by atoms with Crippen LogP contribution in [0.2, 0.25) is 0 Å². The molecular formula is C12H14O5S. The van der Waals surface area contributed by atoms with Crippen molar-refractivity contribution < 1.29 is 22.7 Å². The highest BCUT2D eigenvalue weighted by Gasteiger charge is 2.19. The van der Waals surface area contributed by atoms with E-state index in [9.17, 15) is 18.0 Å². The first kappa shape index (κ1) is 14.4. The van der Waals surface area contributed by atoms with Crippen LogP contribution in [0.1, 0.15) is 12.8 Å². The summed E-state index contributed by atoms with van der Waals surface area (Å²) in [7, 11) is -2.40. The minimum atomic E-state index is -3.62. The van der Waals surface area contributed by atoms with E-state index in [1.54, 1.807) is 18.2 Å². The fourth-order valence-corrected chi connectivity index (χ4v) is 2.65. The molecule has 0 spiro atoms. The molecule has 0 aromatic heterocycles. The lowest BCUT2D eigenvalue weighted by Crippen LogP contribution is -2.17. The number of hydrogen-bond donors (Lipinski definition) is 0. The van der Waals surface area contributed by atoms with Gasteiger partial charge in [-0.2, -0.15) is 0 Å². The molecule has 98 valence electrons. The molecule has 6 heteroatoms. The van der Waals surface area contributed by atoms with Crippen LogP contribution in [0, 0.1) is 0 Å². The molecule has 1 aromatic rings. The van der Waals surface area contributed by atoms with Gasteiger partial charge in [0.2, 0.25) is 0 Å². The predicted octanol–water partition coefficient (Wildman–Crippen LogP) is 0.983. The number of Topliss-reactive ketones (excluding diaryl/α,β-unsaturated/α-hetero) is 1. The van der Waals surface area contributed by atoms with Gasteiger partial charge in [0.1, 0.15) is 11.5 Å². The third-order valence-corrected chi connectivity index (χ3v) is 3.98. The highest BCUT2D eigenvalue weighted by atomic mass is 32.2. The van der Waals surface area contributed by atoms with E-state index < -0.39 is 27.3 Å². The molecule has 0 N–H and O–H groups in total. The van der Waals surface area contributed by atoms with E-state index in [1.807, 2.05) is 0 Å². The highest BCUT2D eigenvalue weighted by Crippen LogP contribution is 2.11. The molecule has 0 heterocycles. The standard InChI is InChI=1S/C12H14O5S/c1-17-12(14)8-7-10(13)9-18(15,16)11-5-3-2-4-6-11/h2-6H,7-9H2,1H3. The maximum atomic E-state index is 11.8. The predicted molar refractivity (Wildman–Crippen MR) is 64.8 cm³/mol. The molecule has 0 bridgehead atoms. The summed E-state index contributed by atoms with van der Waals surface area (Å²) in [4.78, 5) is 22.4. The van der Waals surface area contributed by atoms with Crippen LogP contribution in [0.15, 0.2) is 35.2 Å². The summed E-state index contributed by atoms with van der Waals surface area (Å²) >= 11 is 0. The van der Waals surface area contributed by atoms with E-state index in [2.05, 4.69) is 4.74 Å². The molecule has 0 aliphatic carbocycles. The maximum absolute atomic E-state index is 11.8. The Morgan fingerprint density at radius 1 is 1.11 bits per heavy atom. The lowest BCUT2D eigenvalue weighted by atomic mass is 10.2. The summed E-state index contributed by atoms with van der Waals surface area (Å²) in [6.07, 6.45) is -0.224. The van der Waals surface area contributed by atoms with E-state index in [4.69, 9.17) is 0 Å². The van der Waals surface area contributed by atoms with E-state index in [1.165, 1.54) is 19.2 Å². The van der Waals surface area contributed by atoms with Gasteiger partial charge in [-0.1, -0.05) is 18.2 Å². The minimum Gasteiger partial charge on any atom is -0.469 e.